The number of aliphatic hydroxyl groups excluding tert-OH is 1. The van der Waals surface area contributed by atoms with Gasteiger partial charge in [-0.05, 0) is 61.0 Å². The number of aromatic nitrogens is 4. The number of rotatable bonds is 7. The normalized spacial score (nSPS) is 16.3. The molecule has 1 aliphatic heterocycles. The first-order chi connectivity index (χ1) is 16.2. The molecule has 4 heterocycles. The Kier molecular flexibility index (Phi) is 6.10. The Labute approximate surface area is 191 Å². The quantitative estimate of drug-likeness (QED) is 0.404. The van der Waals surface area contributed by atoms with E-state index in [2.05, 4.69) is 37.3 Å². The van der Waals surface area contributed by atoms with Gasteiger partial charge in [-0.25, -0.2) is 15.0 Å². The van der Waals surface area contributed by atoms with Crippen LogP contribution in [0.3, 0.4) is 0 Å². The second-order valence-electron chi connectivity index (χ2n) is 8.34. The van der Waals surface area contributed by atoms with Crippen molar-refractivity contribution in [1.82, 2.24) is 24.8 Å². The fraction of sp³-hybridized carbons (Fsp3) is 0.280. The third kappa shape index (κ3) is 4.62. The number of aromatic amines is 1. The van der Waals surface area contributed by atoms with Crippen molar-refractivity contribution in [2.45, 2.75) is 25.3 Å². The molecule has 5 rings (SSSR count). The van der Waals surface area contributed by atoms with Crippen molar-refractivity contribution < 1.29 is 5.11 Å². The van der Waals surface area contributed by atoms with Gasteiger partial charge in [0.2, 0.25) is 0 Å². The van der Waals surface area contributed by atoms with Crippen LogP contribution >= 0.6 is 0 Å². The van der Waals surface area contributed by atoms with Crippen molar-refractivity contribution in [3.63, 3.8) is 0 Å². The molecule has 8 heteroatoms. The smallest absolute Gasteiger partial charge is 0.259 e. The van der Waals surface area contributed by atoms with Gasteiger partial charge in [-0.1, -0.05) is 12.1 Å². The van der Waals surface area contributed by atoms with Crippen LogP contribution in [0.2, 0.25) is 0 Å². The number of hydrogen-bond donors (Lipinski definition) is 3. The van der Waals surface area contributed by atoms with Gasteiger partial charge < -0.3 is 15.4 Å². The maximum atomic E-state index is 12.6. The van der Waals surface area contributed by atoms with Gasteiger partial charge >= 0.3 is 0 Å². The molecule has 0 bridgehead atoms. The molecule has 0 radical (unpaired) electrons. The number of H-pyrrole nitrogens is 1. The number of pyridine rings is 2. The summed E-state index contributed by atoms with van der Waals surface area (Å²) < 4.78 is 0. The summed E-state index contributed by atoms with van der Waals surface area (Å²) in [5.41, 5.74) is 3.36. The molecule has 4 aromatic rings. The van der Waals surface area contributed by atoms with Crippen LogP contribution in [0.4, 0.5) is 11.5 Å². The summed E-state index contributed by atoms with van der Waals surface area (Å²) in [7, 11) is 0. The van der Waals surface area contributed by atoms with Gasteiger partial charge in [-0.3, -0.25) is 9.69 Å². The third-order valence-corrected chi connectivity index (χ3v) is 6.22. The van der Waals surface area contributed by atoms with Crippen molar-refractivity contribution in [2.75, 3.05) is 25.0 Å². The molecule has 0 amide bonds. The van der Waals surface area contributed by atoms with Crippen LogP contribution in [0, 0.1) is 0 Å². The zero-order valence-electron chi connectivity index (χ0n) is 18.2. The minimum atomic E-state index is -0.195. The SMILES string of the molecule is O=c1[nH]ccc2cc(-c3cncnc3)nc(Nc3ccc(CCN4CCC[C@H]4CO)cc3)c12. The van der Waals surface area contributed by atoms with Crippen LogP contribution in [0.5, 0.6) is 0 Å². The van der Waals surface area contributed by atoms with Crippen LogP contribution < -0.4 is 10.9 Å². The zero-order chi connectivity index (χ0) is 22.6. The second kappa shape index (κ2) is 9.48. The number of benzene rings is 1. The van der Waals surface area contributed by atoms with E-state index in [1.54, 1.807) is 18.6 Å². The summed E-state index contributed by atoms with van der Waals surface area (Å²) in [6, 6.07) is 12.2. The van der Waals surface area contributed by atoms with Crippen LogP contribution in [0.15, 0.2) is 66.1 Å². The van der Waals surface area contributed by atoms with Gasteiger partial charge in [-0.15, -0.1) is 0 Å². The molecule has 1 aromatic carbocycles. The average molecular weight is 443 g/mol. The Morgan fingerprint density at radius 3 is 2.76 bits per heavy atom. The predicted molar refractivity (Wildman–Crippen MR) is 128 cm³/mol. The minimum absolute atomic E-state index is 0.195. The maximum Gasteiger partial charge on any atom is 0.259 e. The second-order valence-corrected chi connectivity index (χ2v) is 8.34. The molecule has 0 aliphatic carbocycles. The summed E-state index contributed by atoms with van der Waals surface area (Å²) in [4.78, 5) is 30.6. The number of anilines is 2. The molecule has 3 N–H and O–H groups in total. The number of likely N-dealkylation sites (tertiary alicyclic amines) is 1. The molecule has 168 valence electrons. The zero-order valence-corrected chi connectivity index (χ0v) is 18.2. The highest BCUT2D eigenvalue weighted by Gasteiger charge is 2.22. The Morgan fingerprint density at radius 2 is 1.97 bits per heavy atom. The topological polar surface area (TPSA) is 107 Å². The molecule has 33 heavy (non-hydrogen) atoms. The molecule has 1 saturated heterocycles. The Hall–Kier alpha value is -3.62. The third-order valence-electron chi connectivity index (χ3n) is 6.22. The van der Waals surface area contributed by atoms with E-state index in [1.807, 2.05) is 24.3 Å². The van der Waals surface area contributed by atoms with E-state index in [-0.39, 0.29) is 12.2 Å². The van der Waals surface area contributed by atoms with Crippen LogP contribution in [0.1, 0.15) is 18.4 Å². The molecule has 1 aliphatic rings. The van der Waals surface area contributed by atoms with E-state index in [0.29, 0.717) is 22.9 Å². The number of hydrogen-bond acceptors (Lipinski definition) is 7. The summed E-state index contributed by atoms with van der Waals surface area (Å²) >= 11 is 0. The lowest BCUT2D eigenvalue weighted by Gasteiger charge is -2.22. The number of nitrogens with zero attached hydrogens (tertiary/aromatic N) is 4. The van der Waals surface area contributed by atoms with Gasteiger partial charge in [0.15, 0.2) is 0 Å². The van der Waals surface area contributed by atoms with Gasteiger partial charge in [0, 0.05) is 42.4 Å². The highest BCUT2D eigenvalue weighted by molar-refractivity contribution is 5.95. The Balaban J connectivity index is 1.39. The number of fused-ring (bicyclic) bond motifs is 1. The average Bonchev–Trinajstić information content (AvgIpc) is 3.32. The largest absolute Gasteiger partial charge is 0.395 e. The lowest BCUT2D eigenvalue weighted by molar-refractivity contribution is 0.160. The number of nitrogens with one attached hydrogen (secondary N) is 2. The van der Waals surface area contributed by atoms with E-state index < -0.39 is 0 Å². The predicted octanol–water partition coefficient (Wildman–Crippen LogP) is 3.12. The first-order valence-electron chi connectivity index (χ1n) is 11.2. The maximum absolute atomic E-state index is 12.6. The van der Waals surface area contributed by atoms with Crippen molar-refractivity contribution in [2.24, 2.45) is 0 Å². The van der Waals surface area contributed by atoms with E-state index in [1.165, 1.54) is 11.9 Å². The van der Waals surface area contributed by atoms with Crippen LogP contribution in [-0.2, 0) is 6.42 Å². The van der Waals surface area contributed by atoms with Gasteiger partial charge in [0.25, 0.3) is 5.56 Å². The lowest BCUT2D eigenvalue weighted by Crippen LogP contribution is -2.33. The fourth-order valence-electron chi connectivity index (χ4n) is 4.44. The van der Waals surface area contributed by atoms with E-state index in [4.69, 9.17) is 4.98 Å². The van der Waals surface area contributed by atoms with Gasteiger partial charge in [-0.2, -0.15) is 0 Å². The van der Waals surface area contributed by atoms with E-state index in [9.17, 15) is 9.90 Å². The molecular formula is C25H26N6O2. The molecule has 8 nitrogen and oxygen atoms in total. The number of aliphatic hydroxyl groups is 1. The first kappa shape index (κ1) is 21.2. The summed E-state index contributed by atoms with van der Waals surface area (Å²) in [5, 5.41) is 14.1. The molecule has 0 unspecified atom stereocenters. The standard InChI is InChI=1S/C25H26N6O2/c32-15-21-2-1-10-31(21)11-8-17-3-5-20(6-4-17)29-24-23-18(7-9-28-25(23)33)12-22(30-24)19-13-26-16-27-14-19/h3-7,9,12-14,16,21,32H,1-2,8,10-11,15H2,(H,28,33)(H,29,30)/t21-/m0/s1. The van der Waals surface area contributed by atoms with Crippen molar-refractivity contribution in [1.29, 1.82) is 0 Å². The first-order valence-corrected chi connectivity index (χ1v) is 11.2. The molecule has 1 fully saturated rings. The van der Waals surface area contributed by atoms with Crippen LogP contribution in [0.25, 0.3) is 22.0 Å². The monoisotopic (exact) mass is 442 g/mol. The van der Waals surface area contributed by atoms with Gasteiger partial charge in [0.05, 0.1) is 17.7 Å². The minimum Gasteiger partial charge on any atom is -0.395 e. The summed E-state index contributed by atoms with van der Waals surface area (Å²) in [5.74, 6) is 0.490. The Morgan fingerprint density at radius 1 is 1.15 bits per heavy atom. The highest BCUT2D eigenvalue weighted by Crippen LogP contribution is 2.27. The molecule has 1 atom stereocenters. The molecule has 0 saturated carbocycles. The molecular weight excluding hydrogens is 416 g/mol. The van der Waals surface area contributed by atoms with Crippen molar-refractivity contribution in [3.05, 3.63) is 77.2 Å². The lowest BCUT2D eigenvalue weighted by atomic mass is 10.1. The fourth-order valence-corrected chi connectivity index (χ4v) is 4.44. The van der Waals surface area contributed by atoms with Crippen molar-refractivity contribution in [3.8, 4) is 11.3 Å². The van der Waals surface area contributed by atoms with Crippen LogP contribution in [-0.4, -0.2) is 55.7 Å². The highest BCUT2D eigenvalue weighted by atomic mass is 16.3. The van der Waals surface area contributed by atoms with Crippen molar-refractivity contribution >= 4 is 22.3 Å². The molecule has 3 aromatic heterocycles. The van der Waals surface area contributed by atoms with Gasteiger partial charge in [0.1, 0.15) is 12.1 Å². The van der Waals surface area contributed by atoms with E-state index in [0.717, 1.165) is 49.0 Å². The summed E-state index contributed by atoms with van der Waals surface area (Å²) in [6.07, 6.45) is 9.68. The summed E-state index contributed by atoms with van der Waals surface area (Å²) in [6.45, 7) is 2.23. The molecule has 0 spiro atoms. The Bertz CT molecular complexity index is 1290. The van der Waals surface area contributed by atoms with E-state index >= 15 is 0 Å².